The molecule has 1 aliphatic heterocycles. The normalized spacial score (nSPS) is 12.4. The molecule has 0 unspecified atom stereocenters. The molecule has 0 atom stereocenters. The second-order valence-corrected chi connectivity index (χ2v) is 3.94. The van der Waals surface area contributed by atoms with Crippen LogP contribution in [0.3, 0.4) is 0 Å². The van der Waals surface area contributed by atoms with E-state index in [9.17, 15) is 0 Å². The van der Waals surface area contributed by atoms with Crippen LogP contribution in [-0.4, -0.2) is 28.9 Å². The summed E-state index contributed by atoms with van der Waals surface area (Å²) < 4.78 is 1.96. The minimum Gasteiger partial charge on any atom is -0.346 e. The summed E-state index contributed by atoms with van der Waals surface area (Å²) in [6.07, 6.45) is 0. The number of hydrogen-bond acceptors (Lipinski definition) is 3. The van der Waals surface area contributed by atoms with E-state index in [4.69, 9.17) is 0 Å². The van der Waals surface area contributed by atoms with E-state index in [1.165, 1.54) is 11.1 Å². The molecule has 1 aliphatic rings. The van der Waals surface area contributed by atoms with Gasteiger partial charge in [-0.15, -0.1) is 5.10 Å². The third-order valence-electron chi connectivity index (χ3n) is 2.64. The van der Waals surface area contributed by atoms with Crippen LogP contribution in [0.5, 0.6) is 0 Å². The van der Waals surface area contributed by atoms with Crippen LogP contribution in [0.15, 0.2) is 24.3 Å². The summed E-state index contributed by atoms with van der Waals surface area (Å²) in [6, 6.07) is 8.32. The minimum atomic E-state index is 0.777. The Morgan fingerprint density at radius 3 is 2.87 bits per heavy atom. The van der Waals surface area contributed by atoms with Crippen molar-refractivity contribution in [1.29, 1.82) is 0 Å². The number of benzene rings is 1. The van der Waals surface area contributed by atoms with E-state index in [0.717, 1.165) is 18.3 Å². The second kappa shape index (κ2) is 2.82. The van der Waals surface area contributed by atoms with Gasteiger partial charge in [-0.2, -0.15) is 4.98 Å². The van der Waals surface area contributed by atoms with E-state index in [-0.39, 0.29) is 0 Å². The van der Waals surface area contributed by atoms with Crippen molar-refractivity contribution >= 4 is 5.95 Å². The van der Waals surface area contributed by atoms with Crippen LogP contribution >= 0.6 is 0 Å². The summed E-state index contributed by atoms with van der Waals surface area (Å²) in [6.45, 7) is 0.840. The number of fused-ring (bicyclic) bond motifs is 3. The van der Waals surface area contributed by atoms with Crippen LogP contribution in [0.4, 0.5) is 5.95 Å². The summed E-state index contributed by atoms with van der Waals surface area (Å²) in [5.41, 5.74) is 2.51. The molecule has 0 saturated heterocycles. The highest BCUT2D eigenvalue weighted by Crippen LogP contribution is 2.30. The number of rotatable bonds is 1. The summed E-state index contributed by atoms with van der Waals surface area (Å²) in [5.74, 6) is 1.76. The van der Waals surface area contributed by atoms with Crippen molar-refractivity contribution in [2.45, 2.75) is 6.54 Å². The zero-order valence-corrected chi connectivity index (χ0v) is 8.81. The van der Waals surface area contributed by atoms with Gasteiger partial charge in [0.2, 0.25) is 5.95 Å². The van der Waals surface area contributed by atoms with Crippen LogP contribution in [-0.2, 0) is 6.54 Å². The Balaban J connectivity index is 2.15. The van der Waals surface area contributed by atoms with Gasteiger partial charge in [0, 0.05) is 19.7 Å². The fourth-order valence-corrected chi connectivity index (χ4v) is 1.87. The quantitative estimate of drug-likeness (QED) is 0.595. The minimum absolute atomic E-state index is 0.777. The summed E-state index contributed by atoms with van der Waals surface area (Å²) in [5, 5.41) is 4.44. The van der Waals surface area contributed by atoms with Gasteiger partial charge in [0.05, 0.1) is 6.54 Å². The van der Waals surface area contributed by atoms with Gasteiger partial charge in [-0.1, -0.05) is 24.3 Å². The summed E-state index contributed by atoms with van der Waals surface area (Å²) >= 11 is 0. The molecule has 0 fully saturated rings. The molecule has 2 heterocycles. The fraction of sp³-hybridized carbons (Fsp3) is 0.273. The highest BCUT2D eigenvalue weighted by Gasteiger charge is 2.22. The first-order valence-electron chi connectivity index (χ1n) is 4.96. The lowest BCUT2D eigenvalue weighted by Crippen LogP contribution is -2.11. The largest absolute Gasteiger partial charge is 0.346 e. The monoisotopic (exact) mass is 200 g/mol. The molecule has 0 radical (unpaired) electrons. The van der Waals surface area contributed by atoms with Gasteiger partial charge in [-0.3, -0.25) is 0 Å². The number of aromatic nitrogens is 3. The predicted octanol–water partition coefficient (Wildman–Crippen LogP) is 1.37. The standard InChI is InChI=1S/C11H12N4/c1-14(2)11-12-10-9-6-4-3-5-8(9)7-15(10)13-11/h3-6H,7H2,1-2H3. The molecule has 1 aromatic carbocycles. The molecule has 0 N–H and O–H groups in total. The molecule has 15 heavy (non-hydrogen) atoms. The number of anilines is 1. The molecule has 4 heteroatoms. The van der Waals surface area contributed by atoms with Crippen molar-refractivity contribution in [3.8, 4) is 11.4 Å². The molecule has 0 amide bonds. The smallest absolute Gasteiger partial charge is 0.244 e. The molecular weight excluding hydrogens is 188 g/mol. The molecule has 3 rings (SSSR count). The van der Waals surface area contributed by atoms with E-state index in [2.05, 4.69) is 28.3 Å². The van der Waals surface area contributed by atoms with E-state index >= 15 is 0 Å². The van der Waals surface area contributed by atoms with Crippen molar-refractivity contribution in [2.75, 3.05) is 19.0 Å². The van der Waals surface area contributed by atoms with Gasteiger partial charge < -0.3 is 4.90 Å². The SMILES string of the molecule is CN(C)c1nc2n(n1)Cc1ccccc1-2. The lowest BCUT2D eigenvalue weighted by atomic mass is 10.1. The Labute approximate surface area is 88.2 Å². The molecule has 0 bridgehead atoms. The molecule has 0 spiro atoms. The zero-order chi connectivity index (χ0) is 10.4. The third kappa shape index (κ3) is 1.14. The highest BCUT2D eigenvalue weighted by atomic mass is 15.4. The fourth-order valence-electron chi connectivity index (χ4n) is 1.87. The Bertz CT molecular complexity index is 513. The average Bonchev–Trinajstić information content (AvgIpc) is 2.73. The highest BCUT2D eigenvalue weighted by molar-refractivity contribution is 5.65. The third-order valence-corrected chi connectivity index (χ3v) is 2.64. The number of hydrogen-bond donors (Lipinski definition) is 0. The Kier molecular flexibility index (Phi) is 1.59. The van der Waals surface area contributed by atoms with Crippen LogP contribution in [0.25, 0.3) is 11.4 Å². The maximum absolute atomic E-state index is 4.51. The molecule has 4 nitrogen and oxygen atoms in total. The Morgan fingerprint density at radius 2 is 2.07 bits per heavy atom. The van der Waals surface area contributed by atoms with Crippen LogP contribution in [0, 0.1) is 0 Å². The van der Waals surface area contributed by atoms with Gasteiger partial charge in [0.25, 0.3) is 0 Å². The maximum Gasteiger partial charge on any atom is 0.244 e. The first-order valence-corrected chi connectivity index (χ1v) is 4.96. The Morgan fingerprint density at radius 1 is 1.27 bits per heavy atom. The van der Waals surface area contributed by atoms with Crippen LogP contribution < -0.4 is 4.90 Å². The van der Waals surface area contributed by atoms with Gasteiger partial charge in [-0.05, 0) is 5.56 Å². The van der Waals surface area contributed by atoms with Gasteiger partial charge in [0.1, 0.15) is 0 Å². The molecule has 1 aromatic heterocycles. The molecule has 76 valence electrons. The van der Waals surface area contributed by atoms with Gasteiger partial charge in [0.15, 0.2) is 5.82 Å². The molecule has 2 aromatic rings. The zero-order valence-electron chi connectivity index (χ0n) is 8.81. The van der Waals surface area contributed by atoms with E-state index in [0.29, 0.717) is 0 Å². The topological polar surface area (TPSA) is 34.0 Å². The average molecular weight is 200 g/mol. The van der Waals surface area contributed by atoms with Crippen LogP contribution in [0.1, 0.15) is 5.56 Å². The lowest BCUT2D eigenvalue weighted by Gasteiger charge is -2.05. The van der Waals surface area contributed by atoms with E-state index in [1.54, 1.807) is 0 Å². The Hall–Kier alpha value is -1.84. The van der Waals surface area contributed by atoms with Crippen molar-refractivity contribution in [2.24, 2.45) is 0 Å². The first-order chi connectivity index (χ1) is 7.25. The van der Waals surface area contributed by atoms with Gasteiger partial charge >= 0.3 is 0 Å². The maximum atomic E-state index is 4.51. The van der Waals surface area contributed by atoms with E-state index in [1.807, 2.05) is 29.7 Å². The van der Waals surface area contributed by atoms with Crippen molar-refractivity contribution in [1.82, 2.24) is 14.8 Å². The first kappa shape index (κ1) is 8.47. The van der Waals surface area contributed by atoms with E-state index < -0.39 is 0 Å². The summed E-state index contributed by atoms with van der Waals surface area (Å²) in [4.78, 5) is 6.43. The van der Waals surface area contributed by atoms with Crippen molar-refractivity contribution in [3.05, 3.63) is 29.8 Å². The second-order valence-electron chi connectivity index (χ2n) is 3.94. The van der Waals surface area contributed by atoms with Crippen molar-refractivity contribution < 1.29 is 0 Å². The summed E-state index contributed by atoms with van der Waals surface area (Å²) in [7, 11) is 3.91. The van der Waals surface area contributed by atoms with Gasteiger partial charge in [-0.25, -0.2) is 4.68 Å². The van der Waals surface area contributed by atoms with Crippen LogP contribution in [0.2, 0.25) is 0 Å². The molecular formula is C11H12N4. The number of nitrogens with zero attached hydrogens (tertiary/aromatic N) is 4. The van der Waals surface area contributed by atoms with Crippen molar-refractivity contribution in [3.63, 3.8) is 0 Å². The molecule has 0 aliphatic carbocycles. The predicted molar refractivity (Wildman–Crippen MR) is 58.9 cm³/mol. The lowest BCUT2D eigenvalue weighted by molar-refractivity contribution is 0.716. The molecule has 0 saturated carbocycles.